The van der Waals surface area contributed by atoms with E-state index in [-0.39, 0.29) is 66.9 Å². The summed E-state index contributed by atoms with van der Waals surface area (Å²) in [5.74, 6) is -0.531. The third-order valence-electron chi connectivity index (χ3n) is 19.5. The third kappa shape index (κ3) is 34.9. The Morgan fingerprint density at radius 2 is 0.843 bits per heavy atom. The summed E-state index contributed by atoms with van der Waals surface area (Å²) in [7, 11) is 0. The number of hydrogen-bond acceptors (Lipinski definition) is 25. The highest BCUT2D eigenvalue weighted by atomic mass is 16.8. The lowest BCUT2D eigenvalue weighted by Crippen LogP contribution is -2.68. The van der Waals surface area contributed by atoms with E-state index in [4.69, 9.17) is 38.3 Å². The molecule has 0 saturated carbocycles. The zero-order valence-corrected chi connectivity index (χ0v) is 62.8. The molecule has 0 radical (unpaired) electrons. The fourth-order valence-corrected chi connectivity index (χ4v) is 13.1. The molecular weight excluding hydrogens is 1410 g/mol. The summed E-state index contributed by atoms with van der Waals surface area (Å²) >= 11 is 0. The average molecular weight is 1530 g/mol. The minimum Gasteiger partial charge on any atom is -0.486 e. The van der Waals surface area contributed by atoms with E-state index in [1.165, 1.54) is 6.92 Å². The summed E-state index contributed by atoms with van der Waals surface area (Å²) in [4.78, 5) is 110. The van der Waals surface area contributed by atoms with E-state index < -0.39 is 124 Å². The number of amides is 4. The molecule has 2 aromatic carbocycles. The van der Waals surface area contributed by atoms with Gasteiger partial charge in [0, 0.05) is 103 Å². The van der Waals surface area contributed by atoms with Crippen LogP contribution in [0.25, 0.3) is 11.1 Å². The van der Waals surface area contributed by atoms with E-state index in [0.29, 0.717) is 127 Å². The van der Waals surface area contributed by atoms with Crippen molar-refractivity contribution in [2.24, 2.45) is 0 Å². The van der Waals surface area contributed by atoms with Crippen LogP contribution in [-0.4, -0.2) is 249 Å². The van der Waals surface area contributed by atoms with E-state index in [2.05, 4.69) is 21.3 Å². The van der Waals surface area contributed by atoms with E-state index in [9.17, 15) is 89.1 Å². The quantitative estimate of drug-likeness (QED) is 0.0319. The monoisotopic (exact) mass is 1530 g/mol. The van der Waals surface area contributed by atoms with Gasteiger partial charge in [-0.15, -0.1) is 0 Å². The number of ketones is 4. The van der Waals surface area contributed by atoms with Gasteiger partial charge in [0.15, 0.2) is 30.4 Å². The number of carboxylic acids is 1. The first-order valence-corrected chi connectivity index (χ1v) is 39.0. The molecule has 0 bridgehead atoms. The Bertz CT molecular complexity index is 2980. The number of aliphatic hydroxyl groups is 9. The number of aliphatic carboxylic acids is 1. The fraction of sp³-hybridized carbons (Fsp3) is 0.731. The summed E-state index contributed by atoms with van der Waals surface area (Å²) in [6.45, 7) is 0.361. The van der Waals surface area contributed by atoms with Crippen LogP contribution in [0.15, 0.2) is 48.5 Å². The van der Waals surface area contributed by atoms with Gasteiger partial charge in [-0.05, 0) is 119 Å². The molecule has 4 amide bonds. The Balaban J connectivity index is 0.822. The second-order valence-corrected chi connectivity index (χ2v) is 28.4. The molecule has 2 aromatic rings. The molecule has 0 aliphatic carbocycles. The minimum absolute atomic E-state index is 0.0139. The lowest BCUT2D eigenvalue weighted by molar-refractivity contribution is -0.376. The minimum atomic E-state index is -1.97. The molecule has 108 heavy (non-hydrogen) atoms. The number of benzene rings is 2. The molecule has 0 spiro atoms. The van der Waals surface area contributed by atoms with Crippen molar-refractivity contribution in [3.63, 3.8) is 0 Å². The maximum absolute atomic E-state index is 13.1. The number of aliphatic hydroxyl groups excluding tert-OH is 9. The summed E-state index contributed by atoms with van der Waals surface area (Å²) in [6.07, 6.45) is -2.49. The zero-order valence-electron chi connectivity index (χ0n) is 62.8. The molecule has 30 nitrogen and oxygen atoms in total. The van der Waals surface area contributed by atoms with Gasteiger partial charge in [-0.3, -0.25) is 43.2 Å². The van der Waals surface area contributed by atoms with Crippen molar-refractivity contribution >= 4 is 52.7 Å². The highest BCUT2D eigenvalue weighted by Gasteiger charge is 2.54. The van der Waals surface area contributed by atoms with Crippen LogP contribution in [0.3, 0.4) is 0 Å². The van der Waals surface area contributed by atoms with Gasteiger partial charge in [-0.2, -0.15) is 0 Å². The molecule has 3 aliphatic heterocycles. The second kappa shape index (κ2) is 52.8. The van der Waals surface area contributed by atoms with Gasteiger partial charge >= 0.3 is 5.97 Å². The molecule has 3 fully saturated rings. The maximum atomic E-state index is 13.1. The predicted molar refractivity (Wildman–Crippen MR) is 392 cm³/mol. The molecular formula is C78H122N4O26. The number of hydrogen-bond donors (Lipinski definition) is 14. The molecule has 14 N–H and O–H groups in total. The number of carboxylic acid groups (broad SMARTS) is 1. The Labute approximate surface area is 633 Å². The number of Topliss-reactive ketones (excluding diaryl/α,β-unsaturated/α-hetero) is 4. The largest absolute Gasteiger partial charge is 0.486 e. The van der Waals surface area contributed by atoms with Crippen molar-refractivity contribution in [2.45, 2.75) is 311 Å². The Morgan fingerprint density at radius 3 is 1.34 bits per heavy atom. The van der Waals surface area contributed by atoms with Gasteiger partial charge in [-0.25, -0.2) is 0 Å². The smallest absolute Gasteiger partial charge is 0.303 e. The van der Waals surface area contributed by atoms with Gasteiger partial charge in [0.25, 0.3) is 0 Å². The average Bonchev–Trinajstić information content (AvgIpc) is 0.777. The molecule has 3 saturated heterocycles. The first-order valence-electron chi connectivity index (χ1n) is 39.0. The van der Waals surface area contributed by atoms with Crippen molar-refractivity contribution < 1.29 is 127 Å². The summed E-state index contributed by atoms with van der Waals surface area (Å²) in [5, 5.41) is 115. The van der Waals surface area contributed by atoms with Crippen LogP contribution in [0.4, 0.5) is 0 Å². The number of rotatable bonds is 58. The molecule has 15 atom stereocenters. The van der Waals surface area contributed by atoms with Gasteiger partial charge in [0.2, 0.25) is 23.6 Å². The van der Waals surface area contributed by atoms with Crippen LogP contribution in [0, 0.1) is 0 Å². The summed E-state index contributed by atoms with van der Waals surface area (Å²) in [5.41, 5.74) is 2.42. The standard InChI is InChI=1S/C78H122N4O26/c1-51(86)82-67-70(98)74(107-78-73(101)75(69(97)61(48-84)105-78)108-77-72(100)71(99)68(96)60(47-83)104-77)62(49-85)106-76(67)102-45-24-20-31-56(88)30-14-9-22-43-79-63(91)35-17-6-3-12-32-57(89)50-103-58-40-38-52(39-41-58)53-26-25-27-54(46-53)59(90)33-15-4-7-18-36-65(93)80-42-21-8-13-29-55(87)28-11-2-5-16-34-64(92)81-44-23-10-19-37-66(94)95/h25-27,38-41,46,60-62,67-78,83-85,96-101H,2-24,28-37,42-45,47-50H2,1H3,(H,79,91)(H,80,93)(H,81,92)(H,82,86)(H,94,95)/t60?,61?,62?,67?,68-,69-,70+,71-,72?,73?,74+,75-,76+,77+,78-/m0/s1. The Hall–Kier alpha value is -6.33. The first kappa shape index (κ1) is 92.3. The van der Waals surface area contributed by atoms with Gasteiger partial charge in [0.05, 0.1) is 19.8 Å². The van der Waals surface area contributed by atoms with Crippen molar-refractivity contribution in [3.05, 3.63) is 54.1 Å². The molecule has 0 aromatic heterocycles. The van der Waals surface area contributed by atoms with Crippen molar-refractivity contribution in [2.75, 3.05) is 52.7 Å². The molecule has 610 valence electrons. The van der Waals surface area contributed by atoms with E-state index in [1.54, 1.807) is 12.1 Å². The molecule has 30 heteroatoms. The molecule has 3 aliphatic rings. The second-order valence-electron chi connectivity index (χ2n) is 28.4. The van der Waals surface area contributed by atoms with E-state index >= 15 is 0 Å². The van der Waals surface area contributed by atoms with Crippen molar-refractivity contribution in [1.82, 2.24) is 21.3 Å². The number of nitrogens with one attached hydrogen (secondary N) is 4. The van der Waals surface area contributed by atoms with Crippen LogP contribution < -0.4 is 26.0 Å². The molecule has 3 heterocycles. The number of unbranched alkanes of at least 4 members (excludes halogenated alkanes) is 16. The van der Waals surface area contributed by atoms with E-state index in [1.807, 2.05) is 36.4 Å². The van der Waals surface area contributed by atoms with Crippen LogP contribution in [0.2, 0.25) is 0 Å². The SMILES string of the molecule is CC(=O)NC1[C@H](OCCCCC(=O)CCCCCNC(=O)CCCCCCC(=O)COc2ccc(-c3cccc(C(=O)CCCCCCC(=O)NCCCCCC(=O)CCCCCCC(=O)NCCCCCC(=O)O)c3)cc2)OC(CO)[C@@H](O[C@@H]2OC(CO)[C@H](O)[C@H](O[C@H]3OC(CO)[C@H](O)[C@H](O)C3O)C2O)[C@@H]1O. The number of carbonyl (C=O) groups excluding carboxylic acids is 8. The van der Waals surface area contributed by atoms with Crippen LogP contribution in [0.1, 0.15) is 229 Å². The summed E-state index contributed by atoms with van der Waals surface area (Å²) < 4.78 is 40.1. The zero-order chi connectivity index (χ0) is 78.6. The Morgan fingerprint density at radius 1 is 0.407 bits per heavy atom. The first-order chi connectivity index (χ1) is 52.0. The molecule has 5 rings (SSSR count). The van der Waals surface area contributed by atoms with Gasteiger partial charge in [0.1, 0.15) is 97.1 Å². The predicted octanol–water partition coefficient (Wildman–Crippen LogP) is 4.54. The lowest BCUT2D eigenvalue weighted by Gasteiger charge is -2.48. The highest BCUT2D eigenvalue weighted by Crippen LogP contribution is 2.34. The normalized spacial score (nSPS) is 24.1. The van der Waals surface area contributed by atoms with Crippen LogP contribution in [-0.2, 0) is 66.8 Å². The van der Waals surface area contributed by atoms with Gasteiger partial charge < -0.3 is 105 Å². The highest BCUT2D eigenvalue weighted by molar-refractivity contribution is 5.97. The van der Waals surface area contributed by atoms with Gasteiger partial charge in [-0.1, -0.05) is 88.1 Å². The maximum Gasteiger partial charge on any atom is 0.303 e. The van der Waals surface area contributed by atoms with Crippen LogP contribution in [0.5, 0.6) is 5.75 Å². The lowest BCUT2D eigenvalue weighted by atomic mass is 9.95. The Kier molecular flexibility index (Phi) is 45.1. The third-order valence-corrected chi connectivity index (χ3v) is 19.5. The fourth-order valence-electron chi connectivity index (χ4n) is 13.1. The number of ether oxygens (including phenoxy) is 7. The molecule has 6 unspecified atom stereocenters. The van der Waals surface area contributed by atoms with Crippen molar-refractivity contribution in [1.29, 1.82) is 0 Å². The number of carbonyl (C=O) groups is 9. The van der Waals surface area contributed by atoms with Crippen LogP contribution >= 0.6 is 0 Å². The topological polar surface area (TPSA) is 469 Å². The van der Waals surface area contributed by atoms with E-state index in [0.717, 1.165) is 114 Å². The summed E-state index contributed by atoms with van der Waals surface area (Å²) in [6, 6.07) is 13.6. The van der Waals surface area contributed by atoms with Crippen molar-refractivity contribution in [3.8, 4) is 16.9 Å².